The van der Waals surface area contributed by atoms with E-state index in [0.717, 1.165) is 31.6 Å². The quantitative estimate of drug-likeness (QED) is 0.835. The Hall–Kier alpha value is -0.830. The van der Waals surface area contributed by atoms with Gasteiger partial charge in [0.25, 0.3) is 0 Å². The van der Waals surface area contributed by atoms with Gasteiger partial charge in [0.1, 0.15) is 5.82 Å². The Bertz CT molecular complexity index is 312. The monoisotopic (exact) mass is 224 g/mol. The van der Waals surface area contributed by atoms with Crippen LogP contribution in [0, 0.1) is 5.41 Å². The van der Waals surface area contributed by atoms with Crippen LogP contribution in [0.25, 0.3) is 0 Å². The van der Waals surface area contributed by atoms with E-state index in [9.17, 15) is 5.11 Å². The fraction of sp³-hybridized carbons (Fsp3) is 0.769. The predicted molar refractivity (Wildman–Crippen MR) is 66.3 cm³/mol. The molecule has 1 aromatic heterocycles. The molecule has 1 unspecified atom stereocenters. The average molecular weight is 224 g/mol. The molecule has 0 aliphatic rings. The van der Waals surface area contributed by atoms with Gasteiger partial charge >= 0.3 is 0 Å². The molecule has 92 valence electrons. The molecule has 1 N–H and O–H groups in total. The van der Waals surface area contributed by atoms with Crippen molar-refractivity contribution in [3.05, 3.63) is 18.2 Å². The second-order valence-electron chi connectivity index (χ2n) is 5.46. The first kappa shape index (κ1) is 13.2. The number of hydrogen-bond acceptors (Lipinski definition) is 2. The maximum atomic E-state index is 9.97. The molecule has 0 aliphatic carbocycles. The van der Waals surface area contributed by atoms with Crippen molar-refractivity contribution in [2.24, 2.45) is 5.41 Å². The van der Waals surface area contributed by atoms with Crippen LogP contribution in [0.1, 0.15) is 46.4 Å². The Morgan fingerprint density at radius 1 is 1.44 bits per heavy atom. The molecule has 0 aliphatic heterocycles. The summed E-state index contributed by atoms with van der Waals surface area (Å²) >= 11 is 0. The van der Waals surface area contributed by atoms with Crippen molar-refractivity contribution < 1.29 is 5.11 Å². The number of rotatable bonds is 5. The fourth-order valence-corrected chi connectivity index (χ4v) is 1.71. The molecule has 0 aromatic carbocycles. The van der Waals surface area contributed by atoms with Gasteiger partial charge in [0.15, 0.2) is 0 Å². The molecule has 0 amide bonds. The van der Waals surface area contributed by atoms with Crippen molar-refractivity contribution in [1.82, 2.24) is 9.55 Å². The molecule has 0 radical (unpaired) electrons. The van der Waals surface area contributed by atoms with Crippen LogP contribution in [-0.4, -0.2) is 20.8 Å². The first-order chi connectivity index (χ1) is 7.45. The summed E-state index contributed by atoms with van der Waals surface area (Å²) in [7, 11) is 0. The summed E-state index contributed by atoms with van der Waals surface area (Å²) in [5, 5.41) is 9.97. The van der Waals surface area contributed by atoms with Crippen LogP contribution in [-0.2, 0) is 13.0 Å². The van der Waals surface area contributed by atoms with Crippen LogP contribution in [0.4, 0.5) is 0 Å². The molecular formula is C13H24N2O. The molecule has 0 bridgehead atoms. The minimum absolute atomic E-state index is 0.0395. The van der Waals surface area contributed by atoms with Gasteiger partial charge in [-0.25, -0.2) is 4.98 Å². The molecule has 1 aromatic rings. The van der Waals surface area contributed by atoms with Gasteiger partial charge in [0.2, 0.25) is 0 Å². The third-order valence-corrected chi connectivity index (χ3v) is 2.91. The lowest BCUT2D eigenvalue weighted by molar-refractivity contribution is 0.0553. The topological polar surface area (TPSA) is 38.0 Å². The van der Waals surface area contributed by atoms with E-state index in [0.29, 0.717) is 0 Å². The third kappa shape index (κ3) is 3.63. The number of aliphatic hydroxyl groups is 1. The van der Waals surface area contributed by atoms with Crippen LogP contribution < -0.4 is 0 Å². The molecule has 1 atom stereocenters. The van der Waals surface area contributed by atoms with Crippen molar-refractivity contribution in [1.29, 1.82) is 0 Å². The van der Waals surface area contributed by atoms with Crippen molar-refractivity contribution in [2.75, 3.05) is 0 Å². The molecule has 1 rings (SSSR count). The highest BCUT2D eigenvalue weighted by atomic mass is 16.3. The summed E-state index contributed by atoms with van der Waals surface area (Å²) in [6.07, 6.45) is 6.34. The van der Waals surface area contributed by atoms with Gasteiger partial charge in [-0.1, -0.05) is 27.7 Å². The lowest BCUT2D eigenvalue weighted by Gasteiger charge is -2.25. The van der Waals surface area contributed by atoms with Gasteiger partial charge in [-0.05, 0) is 18.3 Å². The van der Waals surface area contributed by atoms with Gasteiger partial charge < -0.3 is 9.67 Å². The highest BCUT2D eigenvalue weighted by Gasteiger charge is 2.22. The molecule has 16 heavy (non-hydrogen) atoms. The van der Waals surface area contributed by atoms with Crippen molar-refractivity contribution in [3.63, 3.8) is 0 Å². The van der Waals surface area contributed by atoms with E-state index in [2.05, 4.69) is 37.2 Å². The Balaban J connectivity index is 2.51. The van der Waals surface area contributed by atoms with E-state index in [1.54, 1.807) is 0 Å². The zero-order valence-electron chi connectivity index (χ0n) is 10.9. The van der Waals surface area contributed by atoms with Crippen molar-refractivity contribution in [3.8, 4) is 0 Å². The standard InChI is InChI=1S/C13H24N2O/c1-5-9-15-10-8-14-12(15)7-6-11(16)13(2,3)4/h8,10-11,16H,5-7,9H2,1-4H3. The number of aryl methyl sites for hydroxylation is 2. The number of nitrogens with zero attached hydrogens (tertiary/aromatic N) is 2. The maximum Gasteiger partial charge on any atom is 0.108 e. The van der Waals surface area contributed by atoms with Gasteiger partial charge in [-0.15, -0.1) is 0 Å². The van der Waals surface area contributed by atoms with Crippen LogP contribution in [0.15, 0.2) is 12.4 Å². The predicted octanol–water partition coefficient (Wildman–Crippen LogP) is 2.63. The van der Waals surface area contributed by atoms with Crippen LogP contribution in [0.5, 0.6) is 0 Å². The Morgan fingerprint density at radius 2 is 2.12 bits per heavy atom. The van der Waals surface area contributed by atoms with Gasteiger partial charge in [-0.2, -0.15) is 0 Å². The Morgan fingerprint density at radius 3 is 2.69 bits per heavy atom. The first-order valence-corrected chi connectivity index (χ1v) is 6.13. The van der Waals surface area contributed by atoms with Gasteiger partial charge in [-0.3, -0.25) is 0 Å². The average Bonchev–Trinajstić information content (AvgIpc) is 2.61. The number of hydrogen-bond donors (Lipinski definition) is 1. The van der Waals surface area contributed by atoms with Crippen molar-refractivity contribution >= 4 is 0 Å². The first-order valence-electron chi connectivity index (χ1n) is 6.13. The lowest BCUT2D eigenvalue weighted by Crippen LogP contribution is -2.26. The number of aromatic nitrogens is 2. The highest BCUT2D eigenvalue weighted by Crippen LogP contribution is 2.22. The summed E-state index contributed by atoms with van der Waals surface area (Å²) in [6.45, 7) is 9.37. The molecule has 3 heteroatoms. The molecule has 0 spiro atoms. The third-order valence-electron chi connectivity index (χ3n) is 2.91. The van der Waals surface area contributed by atoms with E-state index in [-0.39, 0.29) is 11.5 Å². The summed E-state index contributed by atoms with van der Waals surface area (Å²) in [5.74, 6) is 1.09. The minimum Gasteiger partial charge on any atom is -0.393 e. The summed E-state index contributed by atoms with van der Waals surface area (Å²) < 4.78 is 2.18. The highest BCUT2D eigenvalue weighted by molar-refractivity contribution is 4.93. The van der Waals surface area contributed by atoms with Crippen LogP contribution >= 0.6 is 0 Å². The molecule has 0 saturated heterocycles. The second-order valence-corrected chi connectivity index (χ2v) is 5.46. The van der Waals surface area contributed by atoms with E-state index in [4.69, 9.17) is 0 Å². The fourth-order valence-electron chi connectivity index (χ4n) is 1.71. The summed E-state index contributed by atoms with van der Waals surface area (Å²) in [4.78, 5) is 4.34. The Labute approximate surface area is 98.5 Å². The molecule has 3 nitrogen and oxygen atoms in total. The molecule has 0 fully saturated rings. The lowest BCUT2D eigenvalue weighted by atomic mass is 9.86. The number of aliphatic hydroxyl groups excluding tert-OH is 1. The summed E-state index contributed by atoms with van der Waals surface area (Å²) in [5.41, 5.74) is -0.0395. The van der Waals surface area contributed by atoms with Crippen molar-refractivity contribution in [2.45, 2.75) is 59.6 Å². The van der Waals surface area contributed by atoms with E-state index >= 15 is 0 Å². The van der Waals surface area contributed by atoms with Gasteiger partial charge in [0, 0.05) is 25.4 Å². The van der Waals surface area contributed by atoms with E-state index < -0.39 is 0 Å². The maximum absolute atomic E-state index is 9.97. The molecular weight excluding hydrogens is 200 g/mol. The second kappa shape index (κ2) is 5.48. The van der Waals surface area contributed by atoms with E-state index in [1.807, 2.05) is 12.4 Å². The van der Waals surface area contributed by atoms with E-state index in [1.165, 1.54) is 0 Å². The van der Waals surface area contributed by atoms with Crippen LogP contribution in [0.2, 0.25) is 0 Å². The largest absolute Gasteiger partial charge is 0.393 e. The summed E-state index contributed by atoms with van der Waals surface area (Å²) in [6, 6.07) is 0. The van der Waals surface area contributed by atoms with Crippen LogP contribution in [0.3, 0.4) is 0 Å². The smallest absolute Gasteiger partial charge is 0.108 e. The normalized spacial score (nSPS) is 14.1. The Kier molecular flexibility index (Phi) is 4.54. The number of imidazole rings is 1. The zero-order valence-corrected chi connectivity index (χ0v) is 10.9. The zero-order chi connectivity index (χ0) is 12.2. The molecule has 0 saturated carbocycles. The van der Waals surface area contributed by atoms with Gasteiger partial charge in [0.05, 0.1) is 6.10 Å². The SMILES string of the molecule is CCCn1ccnc1CCC(O)C(C)(C)C. The minimum atomic E-state index is -0.265. The molecule has 1 heterocycles.